The van der Waals surface area contributed by atoms with Crippen LogP contribution in [0, 0.1) is 0 Å². The van der Waals surface area contributed by atoms with E-state index in [-0.39, 0.29) is 5.56 Å². The highest BCUT2D eigenvalue weighted by atomic mass is 16.7. The van der Waals surface area contributed by atoms with Crippen molar-refractivity contribution in [1.29, 1.82) is 0 Å². The molecule has 4 nitrogen and oxygen atoms in total. The summed E-state index contributed by atoms with van der Waals surface area (Å²) in [6, 6.07) is 3.00. The van der Waals surface area contributed by atoms with Crippen LogP contribution in [0.15, 0.2) is 24.5 Å². The summed E-state index contributed by atoms with van der Waals surface area (Å²) in [6.07, 6.45) is 4.09. The largest absolute Gasteiger partial charge is 0.478 e. The molecule has 13 heavy (non-hydrogen) atoms. The zero-order valence-corrected chi connectivity index (χ0v) is 7.43. The molecule has 0 bridgehead atoms. The lowest BCUT2D eigenvalue weighted by molar-refractivity contribution is -0.891. The first kappa shape index (κ1) is 9.51. The van der Waals surface area contributed by atoms with Crippen LogP contribution in [0.4, 0.5) is 0 Å². The van der Waals surface area contributed by atoms with Gasteiger partial charge >= 0.3 is 5.97 Å². The second-order valence-electron chi connectivity index (χ2n) is 2.59. The average Bonchev–Trinajstić information content (AvgIpc) is 2.15. The SMILES string of the molecule is CCCO[n+]1ccc(C(=O)O)cc1. The van der Waals surface area contributed by atoms with Gasteiger partial charge in [0.05, 0.1) is 5.56 Å². The third-order valence-corrected chi connectivity index (χ3v) is 1.49. The zero-order valence-electron chi connectivity index (χ0n) is 7.43. The molecule has 0 saturated heterocycles. The van der Waals surface area contributed by atoms with Crippen molar-refractivity contribution in [1.82, 2.24) is 0 Å². The minimum Gasteiger partial charge on any atom is -0.478 e. The van der Waals surface area contributed by atoms with Gasteiger partial charge < -0.3 is 5.11 Å². The Hall–Kier alpha value is -1.58. The van der Waals surface area contributed by atoms with E-state index in [1.807, 2.05) is 6.92 Å². The summed E-state index contributed by atoms with van der Waals surface area (Å²) in [4.78, 5) is 15.7. The molecular formula is C9H12NO3+. The average molecular weight is 182 g/mol. The van der Waals surface area contributed by atoms with Crippen LogP contribution in [0.3, 0.4) is 0 Å². The summed E-state index contributed by atoms with van der Waals surface area (Å²) in [6.45, 7) is 2.63. The molecule has 0 aliphatic rings. The lowest BCUT2D eigenvalue weighted by Crippen LogP contribution is -2.42. The van der Waals surface area contributed by atoms with Crippen molar-refractivity contribution in [3.8, 4) is 0 Å². The van der Waals surface area contributed by atoms with Crippen molar-refractivity contribution in [3.05, 3.63) is 30.1 Å². The molecule has 0 aliphatic heterocycles. The van der Waals surface area contributed by atoms with Gasteiger partial charge in [-0.3, -0.25) is 4.84 Å². The van der Waals surface area contributed by atoms with Gasteiger partial charge in [0.1, 0.15) is 0 Å². The summed E-state index contributed by atoms with van der Waals surface area (Å²) >= 11 is 0. The monoisotopic (exact) mass is 182 g/mol. The Morgan fingerprint density at radius 1 is 1.54 bits per heavy atom. The molecule has 1 aromatic heterocycles. The van der Waals surface area contributed by atoms with Crippen LogP contribution >= 0.6 is 0 Å². The Bertz CT molecular complexity index is 281. The minimum atomic E-state index is -0.928. The van der Waals surface area contributed by atoms with Crippen LogP contribution in [-0.4, -0.2) is 17.7 Å². The molecule has 70 valence electrons. The highest BCUT2D eigenvalue weighted by molar-refractivity contribution is 5.87. The summed E-state index contributed by atoms with van der Waals surface area (Å²) in [5.41, 5.74) is 0.261. The molecule has 0 aliphatic carbocycles. The highest BCUT2D eigenvalue weighted by Gasteiger charge is 2.05. The van der Waals surface area contributed by atoms with Crippen molar-refractivity contribution < 1.29 is 19.5 Å². The third kappa shape index (κ3) is 2.74. The van der Waals surface area contributed by atoms with Crippen LogP contribution in [0.5, 0.6) is 0 Å². The van der Waals surface area contributed by atoms with E-state index >= 15 is 0 Å². The molecule has 0 atom stereocenters. The summed E-state index contributed by atoms with van der Waals surface area (Å²) < 4.78 is 1.50. The third-order valence-electron chi connectivity index (χ3n) is 1.49. The lowest BCUT2D eigenvalue weighted by Gasteiger charge is -1.95. The van der Waals surface area contributed by atoms with Gasteiger partial charge in [-0.25, -0.2) is 4.79 Å². The van der Waals surface area contributed by atoms with E-state index < -0.39 is 5.97 Å². The first-order chi connectivity index (χ1) is 6.24. The maximum Gasteiger partial charge on any atom is 0.336 e. The molecule has 0 spiro atoms. The molecular weight excluding hydrogens is 170 g/mol. The Morgan fingerprint density at radius 2 is 2.15 bits per heavy atom. The van der Waals surface area contributed by atoms with E-state index in [1.54, 1.807) is 12.4 Å². The van der Waals surface area contributed by atoms with E-state index in [0.29, 0.717) is 6.61 Å². The molecule has 0 amide bonds. The summed E-state index contributed by atoms with van der Waals surface area (Å²) in [5, 5.41) is 8.60. The Balaban J connectivity index is 2.64. The van der Waals surface area contributed by atoms with Crippen LogP contribution in [0.1, 0.15) is 23.7 Å². The number of rotatable bonds is 4. The zero-order chi connectivity index (χ0) is 9.68. The number of pyridine rings is 1. The van der Waals surface area contributed by atoms with Gasteiger partial charge in [-0.1, -0.05) is 6.92 Å². The predicted octanol–water partition coefficient (Wildman–Crippen LogP) is 0.511. The fourth-order valence-electron chi connectivity index (χ4n) is 0.838. The maximum atomic E-state index is 10.5. The second-order valence-corrected chi connectivity index (χ2v) is 2.59. The maximum absolute atomic E-state index is 10.5. The van der Waals surface area contributed by atoms with E-state index in [1.165, 1.54) is 16.9 Å². The van der Waals surface area contributed by atoms with Crippen molar-refractivity contribution in [2.24, 2.45) is 0 Å². The topological polar surface area (TPSA) is 50.4 Å². The molecule has 0 saturated carbocycles. The van der Waals surface area contributed by atoms with Gasteiger partial charge in [0, 0.05) is 16.9 Å². The molecule has 0 radical (unpaired) electrons. The molecule has 1 N–H and O–H groups in total. The normalized spacial score (nSPS) is 9.62. The number of aromatic carboxylic acids is 1. The number of hydrogen-bond donors (Lipinski definition) is 1. The Labute approximate surface area is 76.3 Å². The number of carboxylic acids is 1. The summed E-state index contributed by atoms with van der Waals surface area (Å²) in [7, 11) is 0. The van der Waals surface area contributed by atoms with Crippen molar-refractivity contribution in [3.63, 3.8) is 0 Å². The Morgan fingerprint density at radius 3 is 2.62 bits per heavy atom. The molecule has 0 unspecified atom stereocenters. The summed E-state index contributed by atoms with van der Waals surface area (Å²) in [5.74, 6) is -0.928. The fourth-order valence-corrected chi connectivity index (χ4v) is 0.838. The van der Waals surface area contributed by atoms with E-state index in [2.05, 4.69) is 0 Å². The van der Waals surface area contributed by atoms with Gasteiger partial charge in [-0.05, 0) is 6.42 Å². The van der Waals surface area contributed by atoms with Crippen molar-refractivity contribution >= 4 is 5.97 Å². The number of carbonyl (C=O) groups is 1. The molecule has 0 aromatic carbocycles. The van der Waals surface area contributed by atoms with Crippen LogP contribution < -0.4 is 9.57 Å². The molecule has 1 aromatic rings. The van der Waals surface area contributed by atoms with Crippen LogP contribution in [0.2, 0.25) is 0 Å². The first-order valence-corrected chi connectivity index (χ1v) is 4.12. The smallest absolute Gasteiger partial charge is 0.336 e. The van der Waals surface area contributed by atoms with Crippen molar-refractivity contribution in [2.75, 3.05) is 6.61 Å². The van der Waals surface area contributed by atoms with E-state index in [9.17, 15) is 4.79 Å². The van der Waals surface area contributed by atoms with Crippen LogP contribution in [0.25, 0.3) is 0 Å². The van der Waals surface area contributed by atoms with Gasteiger partial charge in [-0.2, -0.15) is 0 Å². The number of carboxylic acid groups (broad SMARTS) is 1. The van der Waals surface area contributed by atoms with Crippen LogP contribution in [-0.2, 0) is 0 Å². The number of aromatic nitrogens is 1. The molecule has 1 rings (SSSR count). The number of hydrogen-bond acceptors (Lipinski definition) is 2. The van der Waals surface area contributed by atoms with Crippen molar-refractivity contribution in [2.45, 2.75) is 13.3 Å². The Kier molecular flexibility index (Phi) is 3.25. The van der Waals surface area contributed by atoms with E-state index in [4.69, 9.17) is 9.94 Å². The standard InChI is InChI=1S/C9H11NO3/c1-2-7-13-10-5-3-8(4-6-10)9(11)12/h3-6H,2,7H2,1H3/p+1. The van der Waals surface area contributed by atoms with E-state index in [0.717, 1.165) is 6.42 Å². The first-order valence-electron chi connectivity index (χ1n) is 4.12. The highest BCUT2D eigenvalue weighted by Crippen LogP contribution is 1.93. The van der Waals surface area contributed by atoms with Gasteiger partial charge in [-0.15, -0.1) is 0 Å². The fraction of sp³-hybridized carbons (Fsp3) is 0.333. The molecule has 4 heteroatoms. The minimum absolute atomic E-state index is 0.261. The van der Waals surface area contributed by atoms with Gasteiger partial charge in [0.2, 0.25) is 12.4 Å². The quantitative estimate of drug-likeness (QED) is 0.690. The van der Waals surface area contributed by atoms with Gasteiger partial charge in [0.25, 0.3) is 0 Å². The van der Waals surface area contributed by atoms with Gasteiger partial charge in [0.15, 0.2) is 6.61 Å². The molecule has 0 fully saturated rings. The predicted molar refractivity (Wildman–Crippen MR) is 45.3 cm³/mol. The molecule has 1 heterocycles. The lowest BCUT2D eigenvalue weighted by atomic mass is 10.3. The second kappa shape index (κ2) is 4.45. The number of nitrogens with zero attached hydrogens (tertiary/aromatic N) is 1.